The molecule has 0 aliphatic heterocycles. The topological polar surface area (TPSA) is 65.3 Å². The van der Waals surface area contributed by atoms with E-state index in [1.54, 1.807) is 36.9 Å². The lowest BCUT2D eigenvalue weighted by atomic mass is 10.2. The van der Waals surface area contributed by atoms with Crippen LogP contribution in [0.3, 0.4) is 0 Å². The van der Waals surface area contributed by atoms with Crippen molar-refractivity contribution in [3.8, 4) is 11.4 Å². The van der Waals surface area contributed by atoms with Crippen LogP contribution in [0.15, 0.2) is 53.3 Å². The zero-order chi connectivity index (χ0) is 18.8. The summed E-state index contributed by atoms with van der Waals surface area (Å²) in [4.78, 5) is 25.6. The average molecular weight is 372 g/mol. The number of carbonyl (C=O) groups is 1. The second kappa shape index (κ2) is 7.09. The maximum atomic E-state index is 12.9. The van der Waals surface area contributed by atoms with E-state index in [0.29, 0.717) is 17.1 Å². The van der Waals surface area contributed by atoms with Crippen molar-refractivity contribution in [2.75, 3.05) is 12.4 Å². The van der Waals surface area contributed by atoms with E-state index in [4.69, 9.17) is 16.3 Å². The summed E-state index contributed by atoms with van der Waals surface area (Å²) in [7, 11) is 3.22. The third-order valence-corrected chi connectivity index (χ3v) is 4.53. The number of ether oxygens (including phenoxy) is 1. The summed E-state index contributed by atoms with van der Waals surface area (Å²) < 4.78 is 8.40. The van der Waals surface area contributed by atoms with Gasteiger partial charge in [-0.25, -0.2) is 4.68 Å². The van der Waals surface area contributed by atoms with Gasteiger partial charge in [0.2, 0.25) is 0 Å². The number of halogens is 1. The fourth-order valence-electron chi connectivity index (χ4n) is 2.78. The van der Waals surface area contributed by atoms with Crippen molar-refractivity contribution in [1.29, 1.82) is 0 Å². The van der Waals surface area contributed by atoms with E-state index in [2.05, 4.69) is 5.32 Å². The number of methoxy groups -OCH3 is 1. The maximum absolute atomic E-state index is 12.9. The molecule has 1 N–H and O–H groups in total. The Labute approximate surface area is 155 Å². The molecule has 134 valence electrons. The average Bonchev–Trinajstić information content (AvgIpc) is 2.85. The minimum absolute atomic E-state index is 0.186. The molecule has 1 amide bonds. The number of amides is 1. The second-order valence-corrected chi connectivity index (χ2v) is 6.11. The number of hydrogen-bond acceptors (Lipinski definition) is 3. The molecule has 0 atom stereocenters. The molecule has 2 aromatic carbocycles. The summed E-state index contributed by atoms with van der Waals surface area (Å²) >= 11 is 6.15. The number of aromatic nitrogens is 2. The fraction of sp³-hybridized carbons (Fsp3) is 0.158. The molecule has 0 saturated heterocycles. The van der Waals surface area contributed by atoms with Crippen molar-refractivity contribution in [1.82, 2.24) is 9.36 Å². The van der Waals surface area contributed by atoms with E-state index >= 15 is 0 Å². The van der Waals surface area contributed by atoms with Gasteiger partial charge in [0.25, 0.3) is 11.5 Å². The zero-order valence-corrected chi connectivity index (χ0v) is 15.4. The predicted octanol–water partition coefficient (Wildman–Crippen LogP) is 3.40. The molecule has 0 spiro atoms. The van der Waals surface area contributed by atoms with Crippen molar-refractivity contribution in [3.05, 3.63) is 75.2 Å². The van der Waals surface area contributed by atoms with Crippen LogP contribution in [0.5, 0.6) is 5.75 Å². The summed E-state index contributed by atoms with van der Waals surface area (Å²) in [6.45, 7) is 1.76. The fourth-order valence-corrected chi connectivity index (χ4v) is 3.03. The first kappa shape index (κ1) is 17.8. The Bertz CT molecular complexity index is 1020. The Morgan fingerprint density at radius 2 is 1.81 bits per heavy atom. The Kier molecular flexibility index (Phi) is 4.86. The van der Waals surface area contributed by atoms with Crippen LogP contribution in [0.25, 0.3) is 5.69 Å². The van der Waals surface area contributed by atoms with Gasteiger partial charge in [-0.2, -0.15) is 0 Å². The highest BCUT2D eigenvalue weighted by molar-refractivity contribution is 6.35. The van der Waals surface area contributed by atoms with Crippen LogP contribution in [-0.2, 0) is 7.05 Å². The van der Waals surface area contributed by atoms with Gasteiger partial charge in [-0.15, -0.1) is 0 Å². The normalized spacial score (nSPS) is 10.6. The number of rotatable bonds is 4. The highest BCUT2D eigenvalue weighted by Gasteiger charge is 2.22. The molecule has 3 rings (SSSR count). The van der Waals surface area contributed by atoms with Crippen LogP contribution in [0.2, 0.25) is 5.02 Å². The van der Waals surface area contributed by atoms with Crippen LogP contribution in [0, 0.1) is 6.92 Å². The molecular weight excluding hydrogens is 354 g/mol. The van der Waals surface area contributed by atoms with Crippen molar-refractivity contribution < 1.29 is 9.53 Å². The molecule has 3 aromatic rings. The molecule has 0 bridgehead atoms. The minimum Gasteiger partial charge on any atom is -0.496 e. The number of anilines is 1. The second-order valence-electron chi connectivity index (χ2n) is 5.71. The van der Waals surface area contributed by atoms with Crippen LogP contribution in [0.4, 0.5) is 5.69 Å². The van der Waals surface area contributed by atoms with Crippen LogP contribution >= 0.6 is 11.6 Å². The number of hydrogen-bond donors (Lipinski definition) is 1. The largest absolute Gasteiger partial charge is 0.496 e. The van der Waals surface area contributed by atoms with Gasteiger partial charge in [0.05, 0.1) is 23.5 Å². The highest BCUT2D eigenvalue weighted by atomic mass is 35.5. The van der Waals surface area contributed by atoms with E-state index in [1.165, 1.54) is 11.8 Å². The van der Waals surface area contributed by atoms with Gasteiger partial charge in [0.15, 0.2) is 0 Å². The first-order valence-corrected chi connectivity index (χ1v) is 8.31. The standard InChI is InChI=1S/C19H18ClN3O3/c1-12-17(19(25)23(22(12)2)13-8-5-4-6-9-13)21-18(24)16-14(20)10-7-11-15(16)26-3/h4-11H,1-3H3,(H,21,24). The molecule has 7 heteroatoms. The summed E-state index contributed by atoms with van der Waals surface area (Å²) in [5, 5.41) is 2.93. The van der Waals surface area contributed by atoms with Gasteiger partial charge in [-0.3, -0.25) is 14.3 Å². The molecule has 0 aliphatic rings. The molecule has 0 radical (unpaired) electrons. The Morgan fingerprint density at radius 1 is 1.12 bits per heavy atom. The molecule has 1 aromatic heterocycles. The first-order chi connectivity index (χ1) is 12.5. The van der Waals surface area contributed by atoms with Crippen LogP contribution < -0.4 is 15.6 Å². The molecule has 0 unspecified atom stereocenters. The Hall–Kier alpha value is -2.99. The van der Waals surface area contributed by atoms with Crippen molar-refractivity contribution >= 4 is 23.2 Å². The van der Waals surface area contributed by atoms with Crippen LogP contribution in [-0.4, -0.2) is 22.4 Å². The third kappa shape index (κ3) is 2.99. The molecule has 26 heavy (non-hydrogen) atoms. The third-order valence-electron chi connectivity index (χ3n) is 4.22. The van der Waals surface area contributed by atoms with E-state index < -0.39 is 5.91 Å². The monoisotopic (exact) mass is 371 g/mol. The number of carbonyl (C=O) groups excluding carboxylic acids is 1. The summed E-state index contributed by atoms with van der Waals surface area (Å²) in [6, 6.07) is 14.1. The van der Waals surface area contributed by atoms with Gasteiger partial charge >= 0.3 is 0 Å². The van der Waals surface area contributed by atoms with Gasteiger partial charge in [0.1, 0.15) is 17.0 Å². The molecule has 1 heterocycles. The van der Waals surface area contributed by atoms with Gasteiger partial charge in [-0.1, -0.05) is 35.9 Å². The quantitative estimate of drug-likeness (QED) is 0.764. The molecule has 0 aliphatic carbocycles. The zero-order valence-electron chi connectivity index (χ0n) is 14.6. The SMILES string of the molecule is COc1cccc(Cl)c1C(=O)Nc1c(C)n(C)n(-c2ccccc2)c1=O. The number of nitrogens with one attached hydrogen (secondary N) is 1. The van der Waals surface area contributed by atoms with Crippen molar-refractivity contribution in [2.45, 2.75) is 6.92 Å². The highest BCUT2D eigenvalue weighted by Crippen LogP contribution is 2.27. The summed E-state index contributed by atoms with van der Waals surface area (Å²) in [5.74, 6) is -0.162. The molecule has 0 saturated carbocycles. The van der Waals surface area contributed by atoms with Crippen molar-refractivity contribution in [2.24, 2.45) is 7.05 Å². The Morgan fingerprint density at radius 3 is 2.46 bits per heavy atom. The van der Waals surface area contributed by atoms with Crippen molar-refractivity contribution in [3.63, 3.8) is 0 Å². The molecule has 6 nitrogen and oxygen atoms in total. The number of benzene rings is 2. The lowest BCUT2D eigenvalue weighted by Gasteiger charge is -2.10. The molecular formula is C19H18ClN3O3. The van der Waals surface area contributed by atoms with E-state index in [-0.39, 0.29) is 21.8 Å². The Balaban J connectivity index is 2.05. The maximum Gasteiger partial charge on any atom is 0.295 e. The minimum atomic E-state index is -0.501. The summed E-state index contributed by atoms with van der Waals surface area (Å²) in [5.41, 5.74) is 1.39. The number of nitrogens with zero attached hydrogens (tertiary/aromatic N) is 2. The van der Waals surface area contributed by atoms with E-state index in [1.807, 2.05) is 30.3 Å². The van der Waals surface area contributed by atoms with Gasteiger partial charge in [-0.05, 0) is 31.2 Å². The van der Waals surface area contributed by atoms with Gasteiger partial charge in [0, 0.05) is 7.05 Å². The van der Waals surface area contributed by atoms with Crippen LogP contribution in [0.1, 0.15) is 16.1 Å². The lowest BCUT2D eigenvalue weighted by molar-refractivity contribution is 0.102. The molecule has 0 fully saturated rings. The number of para-hydroxylation sites is 1. The lowest BCUT2D eigenvalue weighted by Crippen LogP contribution is -2.23. The van der Waals surface area contributed by atoms with E-state index in [0.717, 1.165) is 0 Å². The van der Waals surface area contributed by atoms with Gasteiger partial charge < -0.3 is 10.1 Å². The van der Waals surface area contributed by atoms with E-state index in [9.17, 15) is 9.59 Å². The first-order valence-electron chi connectivity index (χ1n) is 7.93. The predicted molar refractivity (Wildman–Crippen MR) is 102 cm³/mol. The smallest absolute Gasteiger partial charge is 0.295 e. The summed E-state index contributed by atoms with van der Waals surface area (Å²) in [6.07, 6.45) is 0.